The van der Waals surface area contributed by atoms with Crippen LogP contribution in [-0.4, -0.2) is 17.4 Å². The zero-order chi connectivity index (χ0) is 24.5. The third-order valence-corrected chi connectivity index (χ3v) is 6.44. The summed E-state index contributed by atoms with van der Waals surface area (Å²) in [4.78, 5) is 14.6. The molecule has 0 spiro atoms. The molecule has 1 heterocycles. The number of benzene rings is 2. The van der Waals surface area contributed by atoms with Crippen molar-refractivity contribution in [3.05, 3.63) is 87.2 Å². The Hall–Kier alpha value is -1.98. The first kappa shape index (κ1) is 35.0. The molecule has 3 nitrogen and oxygen atoms in total. The first-order valence-electron chi connectivity index (χ1n) is 12.9. The number of hydrogen-bond donors (Lipinski definition) is 0. The number of rotatable bonds is 10. The van der Waals surface area contributed by atoms with Crippen molar-refractivity contribution >= 4 is 23.8 Å². The molecular weight excluding hydrogens is 544 g/mol. The maximum Gasteiger partial charge on any atom is 2.00 e. The summed E-state index contributed by atoms with van der Waals surface area (Å²) in [6.07, 6.45) is 9.78. The van der Waals surface area contributed by atoms with E-state index in [4.69, 9.17) is 15.0 Å². The fraction of sp³-hybridized carbons (Fsp3) is 0.387. The molecule has 3 rings (SSSR count). The van der Waals surface area contributed by atoms with Crippen molar-refractivity contribution in [1.82, 2.24) is 4.98 Å². The summed E-state index contributed by atoms with van der Waals surface area (Å²) in [7, 11) is 0. The van der Waals surface area contributed by atoms with E-state index in [1.54, 1.807) is 0 Å². The van der Waals surface area contributed by atoms with Gasteiger partial charge in [0.15, 0.2) is 0 Å². The van der Waals surface area contributed by atoms with Gasteiger partial charge in [-0.1, -0.05) is 71.9 Å². The molecule has 0 amide bonds. The van der Waals surface area contributed by atoms with Gasteiger partial charge in [0.2, 0.25) is 0 Å². The third kappa shape index (κ3) is 9.07. The Bertz CT molecular complexity index is 1050. The summed E-state index contributed by atoms with van der Waals surface area (Å²) in [5.41, 5.74) is 11.9. The number of aliphatic imine (C=N–C) groups is 2. The first-order valence-corrected chi connectivity index (χ1v) is 12.9. The summed E-state index contributed by atoms with van der Waals surface area (Å²) < 4.78 is 0. The average Bonchev–Trinajstić information content (AvgIpc) is 2.89. The number of aryl methyl sites for hydroxylation is 6. The van der Waals surface area contributed by atoms with E-state index in [1.165, 1.54) is 33.4 Å². The van der Waals surface area contributed by atoms with Crippen molar-refractivity contribution in [2.75, 3.05) is 0 Å². The second-order valence-corrected chi connectivity index (χ2v) is 8.65. The Balaban J connectivity index is 0.00000432. The van der Waals surface area contributed by atoms with E-state index in [2.05, 4.69) is 65.8 Å². The molecule has 0 atom stereocenters. The van der Waals surface area contributed by atoms with Crippen LogP contribution in [0.3, 0.4) is 0 Å². The Morgan fingerprint density at radius 2 is 0.892 bits per heavy atom. The van der Waals surface area contributed by atoms with Gasteiger partial charge in [0.05, 0.1) is 35.2 Å². The molecule has 3 aromatic rings. The van der Waals surface area contributed by atoms with Crippen molar-refractivity contribution < 1.29 is 41.6 Å². The summed E-state index contributed by atoms with van der Waals surface area (Å²) >= 11 is 0. The van der Waals surface area contributed by atoms with Gasteiger partial charge < -0.3 is 24.8 Å². The quantitative estimate of drug-likeness (QED) is 0.337. The normalized spacial score (nSPS) is 10.8. The van der Waals surface area contributed by atoms with Crippen molar-refractivity contribution in [2.45, 2.75) is 80.1 Å². The van der Waals surface area contributed by atoms with Gasteiger partial charge in [0, 0.05) is 0 Å². The van der Waals surface area contributed by atoms with E-state index in [0.29, 0.717) is 0 Å². The summed E-state index contributed by atoms with van der Waals surface area (Å²) in [5.74, 6) is 0. The molecule has 2 aromatic carbocycles. The van der Waals surface area contributed by atoms with Crippen molar-refractivity contribution in [3.63, 3.8) is 0 Å². The maximum absolute atomic E-state index is 4.89. The molecule has 0 bridgehead atoms. The molecule has 1 radical (unpaired) electrons. The van der Waals surface area contributed by atoms with Crippen LogP contribution in [0.4, 0.5) is 11.4 Å². The molecule has 1 aromatic heterocycles. The van der Waals surface area contributed by atoms with E-state index in [-0.39, 0.29) is 41.6 Å². The molecule has 0 saturated heterocycles. The van der Waals surface area contributed by atoms with E-state index in [9.17, 15) is 0 Å². The predicted octanol–water partition coefficient (Wildman–Crippen LogP) is 1.96. The van der Waals surface area contributed by atoms with Crippen LogP contribution in [0.1, 0.15) is 86.3 Å². The minimum absolute atomic E-state index is 0. The summed E-state index contributed by atoms with van der Waals surface area (Å²) in [6.45, 7) is 13.2. The second-order valence-electron chi connectivity index (χ2n) is 8.65. The first-order chi connectivity index (χ1) is 16.6. The van der Waals surface area contributed by atoms with Crippen molar-refractivity contribution in [3.8, 4) is 0 Å². The molecular formula is C31H39Cl2CoN3. The molecule has 201 valence electrons. The number of hydrogen-bond acceptors (Lipinski definition) is 3. The molecule has 6 heteroatoms. The Labute approximate surface area is 246 Å². The van der Waals surface area contributed by atoms with Crippen molar-refractivity contribution in [1.29, 1.82) is 0 Å². The Morgan fingerprint density at radius 1 is 0.568 bits per heavy atom. The third-order valence-electron chi connectivity index (χ3n) is 6.44. The zero-order valence-corrected chi connectivity index (χ0v) is 25.4. The van der Waals surface area contributed by atoms with Crippen molar-refractivity contribution in [2.24, 2.45) is 9.98 Å². The minimum atomic E-state index is 0. The molecule has 0 unspecified atom stereocenters. The average molecular weight is 584 g/mol. The van der Waals surface area contributed by atoms with Crippen LogP contribution in [0.15, 0.2) is 52.4 Å². The van der Waals surface area contributed by atoms with Crippen LogP contribution in [-0.2, 0) is 55.3 Å². The standard InChI is InChI=1S/C31H39N3.2ClH.Co/c1-7-22-16-24(9-3)30(25(10-4)17-22)32-20-28-14-13-15-29(34-28)21-33-31-26(11-5)18-23(8-2)19-27(31)12-6;;;/h13-21H,7-12H2,1-6H3;2*1H;/q;;;+2/p-2. The van der Waals surface area contributed by atoms with E-state index in [1.807, 2.05) is 30.6 Å². The topological polar surface area (TPSA) is 37.6 Å². The van der Waals surface area contributed by atoms with E-state index >= 15 is 0 Å². The molecule has 0 aliphatic rings. The molecule has 0 aliphatic heterocycles. The fourth-order valence-electron chi connectivity index (χ4n) is 4.36. The van der Waals surface area contributed by atoms with Crippen LogP contribution in [0.25, 0.3) is 0 Å². The van der Waals surface area contributed by atoms with Crippen LogP contribution >= 0.6 is 0 Å². The minimum Gasteiger partial charge on any atom is -1.00 e. The molecule has 0 saturated carbocycles. The number of nitrogens with zero attached hydrogens (tertiary/aromatic N) is 3. The molecule has 0 N–H and O–H groups in total. The van der Waals surface area contributed by atoms with Crippen LogP contribution in [0.2, 0.25) is 0 Å². The maximum atomic E-state index is 4.89. The van der Waals surface area contributed by atoms with Gasteiger partial charge in [0.1, 0.15) is 0 Å². The fourth-order valence-corrected chi connectivity index (χ4v) is 4.36. The predicted molar refractivity (Wildman–Crippen MR) is 148 cm³/mol. The van der Waals surface area contributed by atoms with Gasteiger partial charge in [-0.2, -0.15) is 0 Å². The van der Waals surface area contributed by atoms with Crippen LogP contribution in [0.5, 0.6) is 0 Å². The van der Waals surface area contributed by atoms with Gasteiger partial charge in [-0.25, -0.2) is 4.98 Å². The SMILES string of the molecule is CCc1cc(CC)c(N=Cc2cccc(C=Nc3c(CC)cc(CC)cc3CC)n2)c(CC)c1.[Cl-].[Cl-].[Co+2]. The van der Waals surface area contributed by atoms with Gasteiger partial charge >= 0.3 is 16.8 Å². The second kappa shape index (κ2) is 17.5. The molecule has 37 heavy (non-hydrogen) atoms. The van der Waals surface area contributed by atoms with Gasteiger partial charge in [0.25, 0.3) is 0 Å². The number of pyridine rings is 1. The van der Waals surface area contributed by atoms with E-state index < -0.39 is 0 Å². The summed E-state index contributed by atoms with van der Waals surface area (Å²) in [5, 5.41) is 0. The Kier molecular flexibility index (Phi) is 16.6. The zero-order valence-electron chi connectivity index (χ0n) is 22.9. The van der Waals surface area contributed by atoms with Gasteiger partial charge in [-0.3, -0.25) is 9.98 Å². The van der Waals surface area contributed by atoms with Crippen LogP contribution < -0.4 is 24.8 Å². The number of aromatic nitrogens is 1. The smallest absolute Gasteiger partial charge is 1.00 e. The van der Waals surface area contributed by atoms with E-state index in [0.717, 1.165) is 61.3 Å². The number of halogens is 2. The largest absolute Gasteiger partial charge is 2.00 e. The Morgan fingerprint density at radius 3 is 1.16 bits per heavy atom. The molecule has 0 aliphatic carbocycles. The summed E-state index contributed by atoms with van der Waals surface area (Å²) in [6, 6.07) is 15.2. The van der Waals surface area contributed by atoms with Crippen LogP contribution in [0, 0.1) is 0 Å². The van der Waals surface area contributed by atoms with Gasteiger partial charge in [-0.05, 0) is 84.0 Å². The van der Waals surface area contributed by atoms with Gasteiger partial charge in [-0.15, -0.1) is 0 Å². The molecule has 0 fully saturated rings. The monoisotopic (exact) mass is 582 g/mol.